The van der Waals surface area contributed by atoms with Crippen LogP contribution >= 0.6 is 0 Å². The zero-order valence-electron chi connectivity index (χ0n) is 13.0. The van der Waals surface area contributed by atoms with E-state index in [0.717, 1.165) is 5.69 Å². The third-order valence-electron chi connectivity index (χ3n) is 2.59. The highest BCUT2D eigenvalue weighted by Gasteiger charge is 2.29. The first-order chi connectivity index (χ1) is 9.21. The Morgan fingerprint density at radius 1 is 1.15 bits per heavy atom. The van der Waals surface area contributed by atoms with Gasteiger partial charge in [-0.1, -0.05) is 18.2 Å². The van der Waals surface area contributed by atoms with Gasteiger partial charge in [0.25, 0.3) is 0 Å². The lowest BCUT2D eigenvalue weighted by Crippen LogP contribution is -2.42. The van der Waals surface area contributed by atoms with Crippen LogP contribution in [0.25, 0.3) is 0 Å². The summed E-state index contributed by atoms with van der Waals surface area (Å²) in [5.41, 5.74) is 0.133. The summed E-state index contributed by atoms with van der Waals surface area (Å²) < 4.78 is 10.9. The fourth-order valence-electron chi connectivity index (χ4n) is 1.60. The number of carbonyl (C=O) groups excluding carboxylic acids is 1. The maximum absolute atomic E-state index is 12.1. The van der Waals surface area contributed by atoms with E-state index < -0.39 is 13.9 Å². The summed E-state index contributed by atoms with van der Waals surface area (Å²) >= 11 is 0. The molecule has 1 rings (SSSR count). The molecule has 4 nitrogen and oxygen atoms in total. The third kappa shape index (κ3) is 6.21. The summed E-state index contributed by atoms with van der Waals surface area (Å²) in [6.07, 6.45) is 0. The van der Waals surface area contributed by atoms with Crippen molar-refractivity contribution in [3.05, 3.63) is 30.3 Å². The third-order valence-corrected chi connectivity index (χ3v) is 3.66. The Hall–Kier alpha value is -1.33. The van der Waals surface area contributed by atoms with Gasteiger partial charge in [-0.15, -0.1) is 0 Å². The molecular weight excluding hydrogens is 270 g/mol. The van der Waals surface area contributed by atoms with E-state index in [2.05, 4.69) is 25.0 Å². The molecule has 0 unspecified atom stereocenters. The first kappa shape index (κ1) is 16.7. The number of para-hydroxylation sites is 1. The lowest BCUT2D eigenvalue weighted by Gasteiger charge is -2.25. The number of nitrogens with one attached hydrogen (secondary N) is 1. The molecule has 0 saturated carbocycles. The second kappa shape index (κ2) is 6.90. The largest absolute Gasteiger partial charge is 0.462 e. The molecule has 0 aromatic heterocycles. The first-order valence-corrected chi connectivity index (χ1v) is 10.3. The van der Waals surface area contributed by atoms with Crippen LogP contribution < -0.4 is 5.32 Å². The van der Waals surface area contributed by atoms with E-state index in [0.29, 0.717) is 13.2 Å². The number of benzene rings is 1. The smallest absolute Gasteiger partial charge is 0.331 e. The number of rotatable bonds is 7. The van der Waals surface area contributed by atoms with Crippen LogP contribution in [-0.4, -0.2) is 33.0 Å². The van der Waals surface area contributed by atoms with Gasteiger partial charge in [0.1, 0.15) is 12.1 Å². The van der Waals surface area contributed by atoms with Crippen LogP contribution in [0.4, 0.5) is 5.69 Å². The summed E-state index contributed by atoms with van der Waals surface area (Å²) in [5, 5.41) is 3.17. The molecule has 20 heavy (non-hydrogen) atoms. The number of carbonyl (C=O) groups is 1. The lowest BCUT2D eigenvalue weighted by molar-refractivity contribution is -0.148. The Morgan fingerprint density at radius 3 is 2.30 bits per heavy atom. The molecule has 0 heterocycles. The van der Waals surface area contributed by atoms with Crippen LogP contribution in [0.2, 0.25) is 19.6 Å². The topological polar surface area (TPSA) is 47.6 Å². The van der Waals surface area contributed by atoms with Crippen LogP contribution in [0.3, 0.4) is 0 Å². The molecule has 0 amide bonds. The van der Waals surface area contributed by atoms with Crippen LogP contribution in [-0.2, 0) is 14.0 Å². The molecule has 0 atom stereocenters. The number of hydrogen-bond acceptors (Lipinski definition) is 4. The van der Waals surface area contributed by atoms with Crippen molar-refractivity contribution in [3.63, 3.8) is 0 Å². The van der Waals surface area contributed by atoms with Gasteiger partial charge >= 0.3 is 5.97 Å². The molecule has 0 bridgehead atoms. The number of hydrogen-bond donors (Lipinski definition) is 1. The molecule has 0 radical (unpaired) electrons. The molecule has 1 aromatic carbocycles. The Balaban J connectivity index is 2.41. The van der Waals surface area contributed by atoms with Crippen LogP contribution in [0.5, 0.6) is 0 Å². The van der Waals surface area contributed by atoms with E-state index >= 15 is 0 Å². The van der Waals surface area contributed by atoms with Crippen LogP contribution in [0.15, 0.2) is 30.3 Å². The maximum Gasteiger partial charge on any atom is 0.331 e. The minimum Gasteiger partial charge on any atom is -0.462 e. The summed E-state index contributed by atoms with van der Waals surface area (Å²) in [4.78, 5) is 12.1. The average molecular weight is 295 g/mol. The van der Waals surface area contributed by atoms with Gasteiger partial charge in [-0.3, -0.25) is 0 Å². The van der Waals surface area contributed by atoms with Crippen LogP contribution in [0, 0.1) is 0 Å². The zero-order valence-corrected chi connectivity index (χ0v) is 14.0. The predicted octanol–water partition coefficient (Wildman–Crippen LogP) is 3.27. The average Bonchev–Trinajstić information content (AvgIpc) is 2.34. The molecule has 5 heteroatoms. The monoisotopic (exact) mass is 295 g/mol. The predicted molar refractivity (Wildman–Crippen MR) is 84.4 cm³/mol. The minimum atomic E-state index is -1.54. The van der Waals surface area contributed by atoms with Crippen molar-refractivity contribution >= 4 is 20.0 Å². The minimum absolute atomic E-state index is 0.277. The SMILES string of the molecule is CC(C)(Nc1ccccc1)C(=O)OCCO[Si](C)(C)C. The molecule has 0 aliphatic carbocycles. The summed E-state index contributed by atoms with van der Waals surface area (Å²) in [6, 6.07) is 9.62. The van der Waals surface area contributed by atoms with Gasteiger partial charge in [0, 0.05) is 5.69 Å². The van der Waals surface area contributed by atoms with E-state index in [1.165, 1.54) is 0 Å². The zero-order chi connectivity index (χ0) is 15.2. The molecule has 0 aliphatic rings. The van der Waals surface area contributed by atoms with E-state index in [4.69, 9.17) is 9.16 Å². The fourth-order valence-corrected chi connectivity index (χ4v) is 2.29. The first-order valence-electron chi connectivity index (χ1n) is 6.85. The van der Waals surface area contributed by atoms with Crippen molar-refractivity contribution in [2.24, 2.45) is 0 Å². The van der Waals surface area contributed by atoms with Crippen LogP contribution in [0.1, 0.15) is 13.8 Å². The van der Waals surface area contributed by atoms with Crippen molar-refractivity contribution in [1.29, 1.82) is 0 Å². The van der Waals surface area contributed by atoms with Crippen molar-refractivity contribution in [1.82, 2.24) is 0 Å². The number of esters is 1. The van der Waals surface area contributed by atoms with Gasteiger partial charge in [-0.2, -0.15) is 0 Å². The highest BCUT2D eigenvalue weighted by atomic mass is 28.4. The molecule has 1 N–H and O–H groups in total. The molecule has 1 aromatic rings. The van der Waals surface area contributed by atoms with Gasteiger partial charge in [0.2, 0.25) is 0 Å². The highest BCUT2D eigenvalue weighted by molar-refractivity contribution is 6.69. The molecule has 0 spiro atoms. The Bertz CT molecular complexity index is 426. The van der Waals surface area contributed by atoms with Gasteiger partial charge in [-0.05, 0) is 45.6 Å². The normalized spacial score (nSPS) is 12.1. The Morgan fingerprint density at radius 2 is 1.75 bits per heavy atom. The quantitative estimate of drug-likeness (QED) is 0.476. The van der Waals surface area contributed by atoms with E-state index in [1.54, 1.807) is 0 Å². The molecule has 112 valence electrons. The van der Waals surface area contributed by atoms with Crippen molar-refractivity contribution in [3.8, 4) is 0 Å². The van der Waals surface area contributed by atoms with E-state index in [9.17, 15) is 4.79 Å². The summed E-state index contributed by atoms with van der Waals surface area (Å²) in [5.74, 6) is -0.277. The van der Waals surface area contributed by atoms with Gasteiger partial charge < -0.3 is 14.5 Å². The Labute approximate surface area is 122 Å². The second-order valence-electron chi connectivity index (χ2n) is 6.21. The highest BCUT2D eigenvalue weighted by Crippen LogP contribution is 2.16. The van der Waals surface area contributed by atoms with Crippen molar-refractivity contribution < 1.29 is 14.0 Å². The van der Waals surface area contributed by atoms with E-state index in [1.807, 2.05) is 44.2 Å². The number of anilines is 1. The molecular formula is C15H25NO3Si. The van der Waals surface area contributed by atoms with Gasteiger partial charge in [-0.25, -0.2) is 4.79 Å². The van der Waals surface area contributed by atoms with Gasteiger partial charge in [0.05, 0.1) is 6.61 Å². The molecule has 0 fully saturated rings. The summed E-state index contributed by atoms with van der Waals surface area (Å²) in [6.45, 7) is 10.7. The van der Waals surface area contributed by atoms with Gasteiger partial charge in [0.15, 0.2) is 8.32 Å². The summed E-state index contributed by atoms with van der Waals surface area (Å²) in [7, 11) is -1.54. The number of ether oxygens (including phenoxy) is 1. The maximum atomic E-state index is 12.1. The fraction of sp³-hybridized carbons (Fsp3) is 0.533. The van der Waals surface area contributed by atoms with Crippen molar-refractivity contribution in [2.75, 3.05) is 18.5 Å². The van der Waals surface area contributed by atoms with Crippen molar-refractivity contribution in [2.45, 2.75) is 39.0 Å². The standard InChI is InChI=1S/C15H25NO3Si/c1-15(2,16-13-9-7-6-8-10-13)14(17)18-11-12-19-20(3,4)5/h6-10,16H,11-12H2,1-5H3. The lowest BCUT2D eigenvalue weighted by atomic mass is 10.1. The Kier molecular flexibility index (Phi) is 5.77. The second-order valence-corrected chi connectivity index (χ2v) is 10.7. The molecule has 0 aliphatic heterocycles. The van der Waals surface area contributed by atoms with E-state index in [-0.39, 0.29) is 5.97 Å². The molecule has 0 saturated heterocycles.